The van der Waals surface area contributed by atoms with Gasteiger partial charge in [0.2, 0.25) is 11.7 Å². The van der Waals surface area contributed by atoms with E-state index in [4.69, 9.17) is 9.26 Å². The van der Waals surface area contributed by atoms with Crippen LogP contribution in [0.15, 0.2) is 35.0 Å². The number of pyridine rings is 1. The number of fused-ring (bicyclic) bond motifs is 1. The molecule has 4 heterocycles. The van der Waals surface area contributed by atoms with E-state index >= 15 is 0 Å². The molecular formula is C26H29N7O4S. The van der Waals surface area contributed by atoms with Crippen LogP contribution in [0.25, 0.3) is 22.2 Å². The Bertz CT molecular complexity index is 1510. The van der Waals surface area contributed by atoms with Crippen LogP contribution in [0, 0.1) is 13.8 Å². The molecule has 0 aliphatic carbocycles. The molecule has 38 heavy (non-hydrogen) atoms. The Morgan fingerprint density at radius 1 is 1.18 bits per heavy atom. The average molecular weight is 536 g/mol. The number of benzene rings is 1. The molecule has 0 spiro atoms. The average Bonchev–Trinajstić information content (AvgIpc) is 3.58. The van der Waals surface area contributed by atoms with E-state index < -0.39 is 11.6 Å². The second-order valence-corrected chi connectivity index (χ2v) is 11.2. The van der Waals surface area contributed by atoms with Crippen molar-refractivity contribution in [3.05, 3.63) is 46.9 Å². The van der Waals surface area contributed by atoms with Crippen LogP contribution >= 0.6 is 11.3 Å². The minimum atomic E-state index is -0.610. The van der Waals surface area contributed by atoms with E-state index in [0.717, 1.165) is 39.9 Å². The highest BCUT2D eigenvalue weighted by atomic mass is 32.1. The zero-order valence-corrected chi connectivity index (χ0v) is 22.7. The van der Waals surface area contributed by atoms with E-state index in [0.29, 0.717) is 40.5 Å². The number of thiazole rings is 1. The number of hydrogen-bond acceptors (Lipinski definition) is 10. The Morgan fingerprint density at radius 2 is 2.00 bits per heavy atom. The number of amides is 2. The summed E-state index contributed by atoms with van der Waals surface area (Å²) in [5, 5.41) is 12.7. The van der Waals surface area contributed by atoms with Gasteiger partial charge in [0, 0.05) is 43.2 Å². The zero-order chi connectivity index (χ0) is 27.0. The summed E-state index contributed by atoms with van der Waals surface area (Å²) >= 11 is 1.11. The van der Waals surface area contributed by atoms with E-state index in [1.807, 2.05) is 45.0 Å². The third kappa shape index (κ3) is 5.59. The molecule has 1 unspecified atom stereocenters. The highest BCUT2D eigenvalue weighted by molar-refractivity contribution is 7.17. The van der Waals surface area contributed by atoms with Crippen LogP contribution in [0.2, 0.25) is 0 Å². The molecule has 198 valence electrons. The number of esters is 1. The summed E-state index contributed by atoms with van der Waals surface area (Å²) in [4.78, 5) is 40.7. The molecule has 2 amide bonds. The maximum absolute atomic E-state index is 12.9. The summed E-state index contributed by atoms with van der Waals surface area (Å²) in [6, 6.07) is 7.64. The second kappa shape index (κ2) is 10.0. The Morgan fingerprint density at radius 3 is 2.74 bits per heavy atom. The quantitative estimate of drug-likeness (QED) is 0.337. The van der Waals surface area contributed by atoms with Gasteiger partial charge in [0.05, 0.1) is 5.69 Å². The van der Waals surface area contributed by atoms with Crippen LogP contribution in [0.3, 0.4) is 0 Å². The van der Waals surface area contributed by atoms with Crippen LogP contribution in [-0.4, -0.2) is 61.7 Å². The van der Waals surface area contributed by atoms with Crippen LogP contribution < -0.4 is 10.6 Å². The highest BCUT2D eigenvalue weighted by Gasteiger charge is 2.28. The molecule has 11 nitrogen and oxygen atoms in total. The number of carbonyl (C=O) groups is 2. The number of likely N-dealkylation sites (tertiary alicyclic amines) is 1. The van der Waals surface area contributed by atoms with Crippen molar-refractivity contribution in [3.8, 4) is 11.4 Å². The number of nitrogens with one attached hydrogen (secondary N) is 2. The number of carbonyl (C=O) groups excluding carboxylic acids is 2. The largest absolute Gasteiger partial charge is 0.456 e. The maximum Gasteiger partial charge on any atom is 0.350 e. The smallest absolute Gasteiger partial charge is 0.350 e. The lowest BCUT2D eigenvalue weighted by atomic mass is 10.1. The molecule has 0 saturated carbocycles. The molecule has 2 N–H and O–H groups in total. The van der Waals surface area contributed by atoms with Crippen LogP contribution in [-0.2, 0) is 4.74 Å². The second-order valence-electron chi connectivity index (χ2n) is 10.2. The predicted molar refractivity (Wildman–Crippen MR) is 144 cm³/mol. The SMILES string of the molecule is Cc1nc(-c2ccc3ccnc(NC4CCN(C(=O)Nc5nc(C)c(C(=O)OC(C)(C)C)s5)C4)c3c2)no1. The number of urea groups is 1. The summed E-state index contributed by atoms with van der Waals surface area (Å²) in [6.45, 7) is 9.98. The van der Waals surface area contributed by atoms with Crippen molar-refractivity contribution >= 4 is 45.1 Å². The highest BCUT2D eigenvalue weighted by Crippen LogP contribution is 2.29. The van der Waals surface area contributed by atoms with Gasteiger partial charge in [-0.15, -0.1) is 0 Å². The lowest BCUT2D eigenvalue weighted by Crippen LogP contribution is -2.35. The first-order valence-electron chi connectivity index (χ1n) is 12.3. The lowest BCUT2D eigenvalue weighted by molar-refractivity contribution is 0.00741. The fourth-order valence-electron chi connectivity index (χ4n) is 4.23. The van der Waals surface area contributed by atoms with Crippen LogP contribution in [0.1, 0.15) is 48.4 Å². The molecule has 12 heteroatoms. The van der Waals surface area contributed by atoms with Gasteiger partial charge in [0.25, 0.3) is 0 Å². The molecule has 1 fully saturated rings. The third-order valence-electron chi connectivity index (χ3n) is 5.96. The number of ether oxygens (including phenoxy) is 1. The van der Waals surface area contributed by atoms with E-state index in [9.17, 15) is 9.59 Å². The van der Waals surface area contributed by atoms with Crippen molar-refractivity contribution < 1.29 is 18.8 Å². The van der Waals surface area contributed by atoms with Crippen LogP contribution in [0.5, 0.6) is 0 Å². The van der Waals surface area contributed by atoms with E-state index in [1.54, 1.807) is 24.9 Å². The molecular weight excluding hydrogens is 506 g/mol. The lowest BCUT2D eigenvalue weighted by Gasteiger charge is -2.18. The number of rotatable bonds is 5. The number of nitrogens with zero attached hydrogens (tertiary/aromatic N) is 5. The molecule has 1 aliphatic rings. The van der Waals surface area contributed by atoms with Crippen molar-refractivity contribution in [3.63, 3.8) is 0 Å². The van der Waals surface area contributed by atoms with Gasteiger partial charge in [0.15, 0.2) is 5.13 Å². The summed E-state index contributed by atoms with van der Waals surface area (Å²) in [7, 11) is 0. The van der Waals surface area contributed by atoms with E-state index in [2.05, 4.69) is 30.7 Å². The van der Waals surface area contributed by atoms with Crippen molar-refractivity contribution in [2.45, 2.75) is 52.7 Å². The first-order chi connectivity index (χ1) is 18.1. The van der Waals surface area contributed by atoms with Gasteiger partial charge in [-0.3, -0.25) is 5.32 Å². The topological polar surface area (TPSA) is 135 Å². The van der Waals surface area contributed by atoms with Crippen LogP contribution in [0.4, 0.5) is 15.7 Å². The Labute approximate surface area is 223 Å². The predicted octanol–water partition coefficient (Wildman–Crippen LogP) is 5.03. The van der Waals surface area contributed by atoms with Gasteiger partial charge in [-0.1, -0.05) is 28.6 Å². The molecule has 1 saturated heterocycles. The first kappa shape index (κ1) is 25.6. The summed E-state index contributed by atoms with van der Waals surface area (Å²) in [6.07, 6.45) is 2.52. The van der Waals surface area contributed by atoms with E-state index in [1.165, 1.54) is 0 Å². The minimum absolute atomic E-state index is 0.0188. The number of hydrogen-bond donors (Lipinski definition) is 2. The number of aryl methyl sites for hydroxylation is 2. The van der Waals surface area contributed by atoms with Gasteiger partial charge in [0.1, 0.15) is 16.3 Å². The molecule has 1 aromatic carbocycles. The fourth-order valence-corrected chi connectivity index (χ4v) is 5.06. The van der Waals surface area contributed by atoms with E-state index in [-0.39, 0.29) is 12.1 Å². The summed E-state index contributed by atoms with van der Waals surface area (Å²) in [5.74, 6) is 1.31. The van der Waals surface area contributed by atoms with Gasteiger partial charge < -0.3 is 19.5 Å². The van der Waals surface area contributed by atoms with Crippen molar-refractivity contribution in [1.29, 1.82) is 0 Å². The fraction of sp³-hybridized carbons (Fsp3) is 0.385. The molecule has 0 radical (unpaired) electrons. The standard InChI is InChI=1S/C26H29N7O4S/c1-14-20(23(34)36-26(3,4)5)38-24(28-14)31-25(35)33-11-9-18(13-33)30-22-19-12-17(21-29-15(2)37-32-21)7-6-16(19)8-10-27-22/h6-8,10,12,18H,9,11,13H2,1-5H3,(H,27,30)(H,28,31,35). The molecule has 1 aliphatic heterocycles. The molecule has 5 rings (SSSR count). The maximum atomic E-state index is 12.9. The number of anilines is 2. The molecule has 1 atom stereocenters. The first-order valence-corrected chi connectivity index (χ1v) is 13.1. The summed E-state index contributed by atoms with van der Waals surface area (Å²) < 4.78 is 10.6. The van der Waals surface area contributed by atoms with Crippen molar-refractivity contribution in [1.82, 2.24) is 25.0 Å². The normalized spacial score (nSPS) is 15.6. The van der Waals surface area contributed by atoms with Gasteiger partial charge >= 0.3 is 12.0 Å². The van der Waals surface area contributed by atoms with Gasteiger partial charge in [-0.25, -0.2) is 19.6 Å². The minimum Gasteiger partial charge on any atom is -0.456 e. The zero-order valence-electron chi connectivity index (χ0n) is 21.9. The number of aromatic nitrogens is 4. The summed E-state index contributed by atoms with van der Waals surface area (Å²) in [5.41, 5.74) is 0.751. The van der Waals surface area contributed by atoms with Crippen molar-refractivity contribution in [2.24, 2.45) is 0 Å². The Balaban J connectivity index is 1.25. The van der Waals surface area contributed by atoms with Gasteiger partial charge in [-0.05, 0) is 51.6 Å². The monoisotopic (exact) mass is 535 g/mol. The Kier molecular flexibility index (Phi) is 6.74. The molecule has 4 aromatic rings. The molecule has 3 aromatic heterocycles. The third-order valence-corrected chi connectivity index (χ3v) is 7.02. The molecule has 0 bridgehead atoms. The van der Waals surface area contributed by atoms with Crippen molar-refractivity contribution in [2.75, 3.05) is 23.7 Å². The Hall–Kier alpha value is -4.06. The van der Waals surface area contributed by atoms with Gasteiger partial charge in [-0.2, -0.15) is 4.98 Å².